The highest BCUT2D eigenvalue weighted by Crippen LogP contribution is 2.38. The van der Waals surface area contributed by atoms with Crippen molar-refractivity contribution < 1.29 is 9.90 Å². The Morgan fingerprint density at radius 3 is 2.62 bits per heavy atom. The van der Waals surface area contributed by atoms with Gasteiger partial charge in [-0.15, -0.1) is 0 Å². The SMILES string of the molecule is CN(c1ccc(C2CCC2)cc1)c1ccc2c(c1)CCN(C)[C@@H]2CNc1cnccc1C(=O)O. The van der Waals surface area contributed by atoms with Crippen LogP contribution in [0.25, 0.3) is 0 Å². The lowest BCUT2D eigenvalue weighted by molar-refractivity contribution is 0.0697. The zero-order valence-corrected chi connectivity index (χ0v) is 19.9. The molecule has 2 aromatic carbocycles. The van der Waals surface area contributed by atoms with Gasteiger partial charge in [0.05, 0.1) is 23.5 Å². The molecule has 176 valence electrons. The van der Waals surface area contributed by atoms with E-state index in [4.69, 9.17) is 0 Å². The lowest BCUT2D eigenvalue weighted by atomic mass is 9.80. The number of carboxylic acids is 1. The number of anilines is 3. The van der Waals surface area contributed by atoms with Crippen molar-refractivity contribution >= 4 is 23.0 Å². The monoisotopic (exact) mass is 456 g/mol. The minimum atomic E-state index is -0.948. The minimum Gasteiger partial charge on any atom is -0.478 e. The molecule has 6 heteroatoms. The molecular formula is C28H32N4O2. The number of aromatic nitrogens is 1. The molecule has 3 aromatic rings. The van der Waals surface area contributed by atoms with Crippen molar-refractivity contribution in [3.63, 3.8) is 0 Å². The molecule has 0 unspecified atom stereocenters. The van der Waals surface area contributed by atoms with E-state index in [9.17, 15) is 9.90 Å². The number of hydrogen-bond acceptors (Lipinski definition) is 5. The summed E-state index contributed by atoms with van der Waals surface area (Å²) in [6, 6.07) is 17.5. The summed E-state index contributed by atoms with van der Waals surface area (Å²) in [6.45, 7) is 1.58. The summed E-state index contributed by atoms with van der Waals surface area (Å²) >= 11 is 0. The fraction of sp³-hybridized carbons (Fsp3) is 0.357. The third-order valence-electron chi connectivity index (χ3n) is 7.53. The molecule has 1 aliphatic heterocycles. The van der Waals surface area contributed by atoms with Crippen LogP contribution in [0.3, 0.4) is 0 Å². The predicted octanol–water partition coefficient (Wildman–Crippen LogP) is 5.46. The van der Waals surface area contributed by atoms with Crippen LogP contribution in [0.4, 0.5) is 17.1 Å². The van der Waals surface area contributed by atoms with Gasteiger partial charge in [0.2, 0.25) is 0 Å². The van der Waals surface area contributed by atoms with Crippen LogP contribution in [-0.2, 0) is 6.42 Å². The van der Waals surface area contributed by atoms with Crippen LogP contribution in [0.15, 0.2) is 60.9 Å². The van der Waals surface area contributed by atoms with Gasteiger partial charge in [-0.25, -0.2) is 4.79 Å². The number of carboxylic acid groups (broad SMARTS) is 1. The van der Waals surface area contributed by atoms with E-state index in [1.807, 2.05) is 0 Å². The van der Waals surface area contributed by atoms with Crippen LogP contribution in [0.2, 0.25) is 0 Å². The number of benzene rings is 2. The van der Waals surface area contributed by atoms with E-state index in [-0.39, 0.29) is 11.6 Å². The van der Waals surface area contributed by atoms with Gasteiger partial charge in [0.15, 0.2) is 0 Å². The number of pyridine rings is 1. The normalized spacial score (nSPS) is 18.1. The van der Waals surface area contributed by atoms with Crippen LogP contribution in [-0.4, -0.2) is 48.1 Å². The van der Waals surface area contributed by atoms with E-state index in [2.05, 4.69) is 76.7 Å². The van der Waals surface area contributed by atoms with Crippen LogP contribution in [0.1, 0.15) is 58.3 Å². The van der Waals surface area contributed by atoms with Crippen molar-refractivity contribution in [1.29, 1.82) is 0 Å². The molecule has 6 nitrogen and oxygen atoms in total. The molecule has 2 aliphatic rings. The molecule has 2 heterocycles. The summed E-state index contributed by atoms with van der Waals surface area (Å²) in [5.41, 5.74) is 7.29. The number of aromatic carboxylic acids is 1. The fourth-order valence-electron chi connectivity index (χ4n) is 5.09. The van der Waals surface area contributed by atoms with Crippen molar-refractivity contribution in [2.75, 3.05) is 37.4 Å². The Labute approximate surface area is 201 Å². The first-order valence-electron chi connectivity index (χ1n) is 12.1. The highest BCUT2D eigenvalue weighted by atomic mass is 16.4. The lowest BCUT2D eigenvalue weighted by Gasteiger charge is -2.36. The van der Waals surface area contributed by atoms with Gasteiger partial charge in [-0.3, -0.25) is 9.88 Å². The second kappa shape index (κ2) is 9.47. The Balaban J connectivity index is 1.33. The van der Waals surface area contributed by atoms with E-state index in [0.29, 0.717) is 12.2 Å². The topological polar surface area (TPSA) is 68.7 Å². The molecule has 0 saturated heterocycles. The third kappa shape index (κ3) is 4.38. The number of rotatable bonds is 7. The highest BCUT2D eigenvalue weighted by Gasteiger charge is 2.26. The van der Waals surface area contributed by atoms with Crippen molar-refractivity contribution in [2.24, 2.45) is 0 Å². The van der Waals surface area contributed by atoms with E-state index >= 15 is 0 Å². The van der Waals surface area contributed by atoms with E-state index in [1.165, 1.54) is 59.6 Å². The number of nitrogens with zero attached hydrogens (tertiary/aromatic N) is 3. The number of likely N-dealkylation sites (N-methyl/N-ethyl adjacent to an activating group) is 1. The Hall–Kier alpha value is -3.38. The van der Waals surface area contributed by atoms with Gasteiger partial charge in [-0.2, -0.15) is 0 Å². The molecule has 0 radical (unpaired) electrons. The third-order valence-corrected chi connectivity index (χ3v) is 7.53. The zero-order valence-electron chi connectivity index (χ0n) is 19.9. The van der Waals surface area contributed by atoms with Gasteiger partial charge in [0.1, 0.15) is 0 Å². The van der Waals surface area contributed by atoms with Crippen LogP contribution < -0.4 is 10.2 Å². The van der Waals surface area contributed by atoms with Crippen molar-refractivity contribution in [3.05, 3.63) is 83.2 Å². The van der Waals surface area contributed by atoms with E-state index in [1.54, 1.807) is 6.20 Å². The molecule has 1 aliphatic carbocycles. The van der Waals surface area contributed by atoms with Crippen LogP contribution in [0.5, 0.6) is 0 Å². The maximum Gasteiger partial charge on any atom is 0.337 e. The smallest absolute Gasteiger partial charge is 0.337 e. The van der Waals surface area contributed by atoms with E-state index in [0.717, 1.165) is 18.9 Å². The Morgan fingerprint density at radius 1 is 1.15 bits per heavy atom. The molecule has 5 rings (SSSR count). The highest BCUT2D eigenvalue weighted by molar-refractivity contribution is 5.93. The summed E-state index contributed by atoms with van der Waals surface area (Å²) in [5, 5.41) is 12.8. The quantitative estimate of drug-likeness (QED) is 0.492. The molecule has 1 atom stereocenters. The summed E-state index contributed by atoms with van der Waals surface area (Å²) < 4.78 is 0. The average molecular weight is 457 g/mol. The van der Waals surface area contributed by atoms with Gasteiger partial charge >= 0.3 is 5.97 Å². The maximum atomic E-state index is 11.5. The summed E-state index contributed by atoms with van der Waals surface area (Å²) in [6.07, 6.45) is 8.09. The van der Waals surface area contributed by atoms with Crippen molar-refractivity contribution in [1.82, 2.24) is 9.88 Å². The van der Waals surface area contributed by atoms with E-state index < -0.39 is 5.97 Å². The van der Waals surface area contributed by atoms with Crippen molar-refractivity contribution in [3.8, 4) is 0 Å². The predicted molar refractivity (Wildman–Crippen MR) is 136 cm³/mol. The second-order valence-electron chi connectivity index (χ2n) is 9.52. The van der Waals surface area contributed by atoms with Gasteiger partial charge in [-0.1, -0.05) is 24.6 Å². The first-order chi connectivity index (χ1) is 16.5. The summed E-state index contributed by atoms with van der Waals surface area (Å²) in [4.78, 5) is 20.2. The molecule has 0 amide bonds. The summed E-state index contributed by atoms with van der Waals surface area (Å²) in [5.74, 6) is -0.195. The fourth-order valence-corrected chi connectivity index (χ4v) is 5.09. The molecule has 0 bridgehead atoms. The first-order valence-corrected chi connectivity index (χ1v) is 12.1. The second-order valence-corrected chi connectivity index (χ2v) is 9.52. The summed E-state index contributed by atoms with van der Waals surface area (Å²) in [7, 11) is 4.25. The standard InChI is InChI=1S/C28H32N4O2/c1-31-15-13-21-16-23(32(2)22-8-6-20(7-9-22)19-4-3-5-19)10-11-24(21)27(31)18-30-26-17-29-14-12-25(26)28(33)34/h6-12,14,16-17,19,27,30H,3-5,13,15,18H2,1-2H3,(H,33,34)/t27-/m1/s1. The number of fused-ring (bicyclic) bond motifs is 1. The van der Waals surface area contributed by atoms with Gasteiger partial charge < -0.3 is 15.3 Å². The van der Waals surface area contributed by atoms with Gasteiger partial charge in [0.25, 0.3) is 0 Å². The number of hydrogen-bond donors (Lipinski definition) is 2. The lowest BCUT2D eigenvalue weighted by Crippen LogP contribution is -2.36. The molecule has 0 spiro atoms. The molecule has 1 fully saturated rings. The Morgan fingerprint density at radius 2 is 1.91 bits per heavy atom. The molecule has 1 saturated carbocycles. The first kappa shape index (κ1) is 22.4. The Bertz CT molecular complexity index is 1170. The van der Waals surface area contributed by atoms with Gasteiger partial charge in [-0.05, 0) is 79.3 Å². The average Bonchev–Trinajstić information content (AvgIpc) is 2.82. The largest absolute Gasteiger partial charge is 0.478 e. The molecule has 2 N–H and O–H groups in total. The van der Waals surface area contributed by atoms with Crippen molar-refractivity contribution in [2.45, 2.75) is 37.6 Å². The van der Waals surface area contributed by atoms with Gasteiger partial charge in [0, 0.05) is 37.7 Å². The van der Waals surface area contributed by atoms with Crippen LogP contribution in [0, 0.1) is 0 Å². The number of carbonyl (C=O) groups is 1. The zero-order chi connectivity index (χ0) is 23.7. The molecule has 1 aromatic heterocycles. The maximum absolute atomic E-state index is 11.5. The molecule has 34 heavy (non-hydrogen) atoms. The Kier molecular flexibility index (Phi) is 6.24. The number of nitrogens with one attached hydrogen (secondary N) is 1. The van der Waals surface area contributed by atoms with Crippen LogP contribution >= 0.6 is 0 Å². The minimum absolute atomic E-state index is 0.159. The molecular weight excluding hydrogens is 424 g/mol.